The van der Waals surface area contributed by atoms with Crippen molar-refractivity contribution in [1.82, 2.24) is 0 Å². The van der Waals surface area contributed by atoms with E-state index in [0.29, 0.717) is 6.42 Å². The number of rotatable bonds is 7. The number of carbonyl (C=O) groups is 4. The second kappa shape index (κ2) is 6.01. The highest BCUT2D eigenvalue weighted by atomic mass is 16.4. The number of carboxylic acid groups (broad SMARTS) is 1. The molecule has 0 aliphatic heterocycles. The Morgan fingerprint density at radius 1 is 1.07 bits per heavy atom. The Balaban J connectivity index is 3.71. The molecular weight excluding hydrogens is 188 g/mol. The molecule has 14 heavy (non-hydrogen) atoms. The first kappa shape index (κ1) is 12.5. The normalized spacial score (nSPS) is 9.50. The van der Waals surface area contributed by atoms with Crippen molar-refractivity contribution in [1.29, 1.82) is 0 Å². The maximum atomic E-state index is 10.9. The molecule has 0 aromatic rings. The van der Waals surface area contributed by atoms with E-state index >= 15 is 0 Å². The van der Waals surface area contributed by atoms with Gasteiger partial charge < -0.3 is 9.90 Å². The van der Waals surface area contributed by atoms with Crippen LogP contribution >= 0.6 is 0 Å². The van der Waals surface area contributed by atoms with E-state index < -0.39 is 24.0 Å². The molecule has 0 rings (SSSR count). The standard InChI is InChI=1S/C9H12O5/c1-6(10)3-2-4-7(11)5-8(12)9(13)14/h2-5H2,1H3,(H,13,14). The Morgan fingerprint density at radius 3 is 2.07 bits per heavy atom. The number of hydrogen-bond acceptors (Lipinski definition) is 4. The van der Waals surface area contributed by atoms with E-state index in [2.05, 4.69) is 0 Å². The largest absolute Gasteiger partial charge is 0.475 e. The maximum absolute atomic E-state index is 10.9. The van der Waals surface area contributed by atoms with Gasteiger partial charge in [-0.2, -0.15) is 0 Å². The SMILES string of the molecule is CC(=O)CCCC(=O)CC(=O)C(=O)O. The van der Waals surface area contributed by atoms with Crippen LogP contribution < -0.4 is 0 Å². The second-order valence-electron chi connectivity index (χ2n) is 3.00. The summed E-state index contributed by atoms with van der Waals surface area (Å²) in [6.07, 6.45) is 0.167. The van der Waals surface area contributed by atoms with Crippen molar-refractivity contribution in [3.05, 3.63) is 0 Å². The average Bonchev–Trinajstić information content (AvgIpc) is 2.02. The summed E-state index contributed by atoms with van der Waals surface area (Å²) in [6, 6.07) is 0. The summed E-state index contributed by atoms with van der Waals surface area (Å²) in [5, 5.41) is 8.19. The van der Waals surface area contributed by atoms with E-state index in [4.69, 9.17) is 5.11 Å². The van der Waals surface area contributed by atoms with Gasteiger partial charge in [0.1, 0.15) is 11.6 Å². The van der Waals surface area contributed by atoms with Crippen LogP contribution in [0.3, 0.4) is 0 Å². The Bertz CT molecular complexity index is 266. The molecule has 0 aromatic heterocycles. The number of Topliss-reactive ketones (excluding diaryl/α,β-unsaturated/α-hetero) is 3. The lowest BCUT2D eigenvalue weighted by Gasteiger charge is -1.96. The highest BCUT2D eigenvalue weighted by molar-refractivity contribution is 6.36. The molecule has 0 unspecified atom stereocenters. The molecular formula is C9H12O5. The van der Waals surface area contributed by atoms with Crippen molar-refractivity contribution in [2.75, 3.05) is 0 Å². The second-order valence-corrected chi connectivity index (χ2v) is 3.00. The fraction of sp³-hybridized carbons (Fsp3) is 0.556. The van der Waals surface area contributed by atoms with Crippen molar-refractivity contribution < 1.29 is 24.3 Å². The smallest absolute Gasteiger partial charge is 0.372 e. The molecule has 0 heterocycles. The molecule has 0 saturated carbocycles. The van der Waals surface area contributed by atoms with Crippen molar-refractivity contribution in [2.45, 2.75) is 32.6 Å². The molecule has 0 aliphatic carbocycles. The third-order valence-corrected chi connectivity index (χ3v) is 1.58. The minimum Gasteiger partial charge on any atom is -0.475 e. The predicted molar refractivity (Wildman–Crippen MR) is 46.8 cm³/mol. The summed E-state index contributed by atoms with van der Waals surface area (Å²) in [6.45, 7) is 1.41. The van der Waals surface area contributed by atoms with Crippen LogP contribution in [0.2, 0.25) is 0 Å². The lowest BCUT2D eigenvalue weighted by Crippen LogP contribution is -2.17. The number of ketones is 3. The Morgan fingerprint density at radius 2 is 1.64 bits per heavy atom. The summed E-state index contributed by atoms with van der Waals surface area (Å²) >= 11 is 0. The molecule has 0 radical (unpaired) electrons. The molecule has 0 saturated heterocycles. The number of carbonyl (C=O) groups excluding carboxylic acids is 3. The molecule has 78 valence electrons. The molecule has 0 amide bonds. The summed E-state index contributed by atoms with van der Waals surface area (Å²) in [5.74, 6) is -3.15. The van der Waals surface area contributed by atoms with E-state index in [-0.39, 0.29) is 18.6 Å². The van der Waals surface area contributed by atoms with Gasteiger partial charge in [-0.25, -0.2) is 4.79 Å². The lowest BCUT2D eigenvalue weighted by molar-refractivity contribution is -0.150. The van der Waals surface area contributed by atoms with Gasteiger partial charge in [-0.05, 0) is 13.3 Å². The van der Waals surface area contributed by atoms with Gasteiger partial charge >= 0.3 is 5.97 Å². The Kier molecular flexibility index (Phi) is 5.36. The summed E-state index contributed by atoms with van der Waals surface area (Å²) in [5.41, 5.74) is 0. The van der Waals surface area contributed by atoms with Gasteiger partial charge in [-0.1, -0.05) is 0 Å². The average molecular weight is 200 g/mol. The topological polar surface area (TPSA) is 88.5 Å². The molecule has 0 fully saturated rings. The van der Waals surface area contributed by atoms with E-state index in [0.717, 1.165) is 0 Å². The molecule has 0 spiro atoms. The van der Waals surface area contributed by atoms with Crippen molar-refractivity contribution in [3.8, 4) is 0 Å². The van der Waals surface area contributed by atoms with E-state index in [1.165, 1.54) is 6.92 Å². The molecule has 5 heteroatoms. The first-order valence-corrected chi connectivity index (χ1v) is 4.20. The van der Waals surface area contributed by atoms with E-state index in [9.17, 15) is 19.2 Å². The van der Waals surface area contributed by atoms with Gasteiger partial charge in [-0.3, -0.25) is 9.59 Å². The van der Waals surface area contributed by atoms with Crippen LogP contribution in [0.5, 0.6) is 0 Å². The van der Waals surface area contributed by atoms with E-state index in [1.54, 1.807) is 0 Å². The zero-order valence-electron chi connectivity index (χ0n) is 7.91. The van der Waals surface area contributed by atoms with Crippen LogP contribution in [-0.4, -0.2) is 28.4 Å². The third kappa shape index (κ3) is 6.05. The summed E-state index contributed by atoms with van der Waals surface area (Å²) in [4.78, 5) is 42.1. The molecule has 0 bridgehead atoms. The van der Waals surface area contributed by atoms with Crippen LogP contribution in [0.4, 0.5) is 0 Å². The lowest BCUT2D eigenvalue weighted by atomic mass is 10.1. The van der Waals surface area contributed by atoms with Gasteiger partial charge in [0.05, 0.1) is 6.42 Å². The molecule has 0 aromatic carbocycles. The van der Waals surface area contributed by atoms with Gasteiger partial charge in [0.15, 0.2) is 0 Å². The molecule has 1 N–H and O–H groups in total. The summed E-state index contributed by atoms with van der Waals surface area (Å²) in [7, 11) is 0. The zero-order valence-corrected chi connectivity index (χ0v) is 7.91. The van der Waals surface area contributed by atoms with E-state index in [1.807, 2.05) is 0 Å². The fourth-order valence-corrected chi connectivity index (χ4v) is 0.878. The minimum atomic E-state index is -1.59. The van der Waals surface area contributed by atoms with Gasteiger partial charge in [0.2, 0.25) is 5.78 Å². The summed E-state index contributed by atoms with van der Waals surface area (Å²) < 4.78 is 0. The maximum Gasteiger partial charge on any atom is 0.372 e. The number of hydrogen-bond donors (Lipinski definition) is 1. The van der Waals surface area contributed by atoms with Crippen LogP contribution in [0.25, 0.3) is 0 Å². The minimum absolute atomic E-state index is 0.0256. The van der Waals surface area contributed by atoms with Gasteiger partial charge in [0, 0.05) is 12.8 Å². The molecule has 5 nitrogen and oxygen atoms in total. The predicted octanol–water partition coefficient (Wildman–Crippen LogP) is 0.359. The first-order valence-electron chi connectivity index (χ1n) is 4.20. The highest BCUT2D eigenvalue weighted by Gasteiger charge is 2.15. The van der Waals surface area contributed by atoms with Crippen molar-refractivity contribution >= 4 is 23.3 Å². The van der Waals surface area contributed by atoms with Crippen molar-refractivity contribution in [2.24, 2.45) is 0 Å². The fourth-order valence-electron chi connectivity index (χ4n) is 0.878. The van der Waals surface area contributed by atoms with Crippen LogP contribution in [0.15, 0.2) is 0 Å². The number of aliphatic carboxylic acids is 1. The van der Waals surface area contributed by atoms with Crippen LogP contribution in [-0.2, 0) is 19.2 Å². The van der Waals surface area contributed by atoms with Crippen LogP contribution in [0.1, 0.15) is 32.6 Å². The Hall–Kier alpha value is -1.52. The zero-order chi connectivity index (χ0) is 11.1. The van der Waals surface area contributed by atoms with Gasteiger partial charge in [0.25, 0.3) is 0 Å². The van der Waals surface area contributed by atoms with Crippen LogP contribution in [0, 0.1) is 0 Å². The molecule has 0 atom stereocenters. The third-order valence-electron chi connectivity index (χ3n) is 1.58. The highest BCUT2D eigenvalue weighted by Crippen LogP contribution is 2.00. The molecule has 0 aliphatic rings. The number of carboxylic acids is 1. The monoisotopic (exact) mass is 200 g/mol. The quantitative estimate of drug-likeness (QED) is 0.473. The Labute approximate surface area is 81.1 Å². The van der Waals surface area contributed by atoms with Gasteiger partial charge in [-0.15, -0.1) is 0 Å². The first-order chi connectivity index (χ1) is 6.43. The van der Waals surface area contributed by atoms with Crippen molar-refractivity contribution in [3.63, 3.8) is 0 Å².